The SMILES string of the molecule is C[C@@]1(O)CCCN(S(=O)(=O)c2ccc(OC(F)c3ccccc3Cl)cc2)[C@H]1C(=O)NO. The summed E-state index contributed by atoms with van der Waals surface area (Å²) >= 11 is 5.95. The fourth-order valence-corrected chi connectivity index (χ4v) is 5.51. The van der Waals surface area contributed by atoms with Crippen molar-refractivity contribution in [3.63, 3.8) is 0 Å². The van der Waals surface area contributed by atoms with Crippen molar-refractivity contribution >= 4 is 27.5 Å². The summed E-state index contributed by atoms with van der Waals surface area (Å²) in [5.41, 5.74) is -0.118. The van der Waals surface area contributed by atoms with Gasteiger partial charge in [0.25, 0.3) is 12.3 Å². The zero-order valence-corrected chi connectivity index (χ0v) is 18.1. The molecule has 3 atom stereocenters. The van der Waals surface area contributed by atoms with Crippen LogP contribution in [-0.2, 0) is 14.8 Å². The number of nitrogens with zero attached hydrogens (tertiary/aromatic N) is 1. The van der Waals surface area contributed by atoms with E-state index in [2.05, 4.69) is 0 Å². The molecule has 0 bridgehead atoms. The molecule has 31 heavy (non-hydrogen) atoms. The van der Waals surface area contributed by atoms with Crippen molar-refractivity contribution in [1.29, 1.82) is 0 Å². The highest BCUT2D eigenvalue weighted by Gasteiger charge is 2.49. The molecule has 2 aromatic rings. The number of hydrogen-bond acceptors (Lipinski definition) is 6. The number of halogens is 2. The number of ether oxygens (including phenoxy) is 1. The Labute approximate surface area is 184 Å². The van der Waals surface area contributed by atoms with Crippen LogP contribution in [0.2, 0.25) is 5.02 Å². The van der Waals surface area contributed by atoms with E-state index < -0.39 is 33.9 Å². The van der Waals surface area contributed by atoms with Crippen LogP contribution in [0.15, 0.2) is 53.4 Å². The molecule has 168 valence electrons. The molecule has 11 heteroatoms. The van der Waals surface area contributed by atoms with Gasteiger partial charge < -0.3 is 9.84 Å². The molecule has 3 rings (SSSR count). The minimum absolute atomic E-state index is 0.0200. The summed E-state index contributed by atoms with van der Waals surface area (Å²) < 4.78 is 46.7. The van der Waals surface area contributed by atoms with Crippen molar-refractivity contribution in [1.82, 2.24) is 9.79 Å². The van der Waals surface area contributed by atoms with Gasteiger partial charge in [-0.2, -0.15) is 8.70 Å². The first-order valence-corrected chi connectivity index (χ1v) is 11.2. The Morgan fingerprint density at radius 2 is 1.94 bits per heavy atom. The topological polar surface area (TPSA) is 116 Å². The van der Waals surface area contributed by atoms with Crippen LogP contribution in [-0.4, -0.2) is 47.1 Å². The molecular weight excluding hydrogens is 451 g/mol. The van der Waals surface area contributed by atoms with E-state index >= 15 is 0 Å². The number of sulfonamides is 1. The Bertz CT molecular complexity index is 1050. The van der Waals surface area contributed by atoms with Gasteiger partial charge in [0.2, 0.25) is 10.0 Å². The van der Waals surface area contributed by atoms with Crippen molar-refractivity contribution in [3.05, 3.63) is 59.1 Å². The van der Waals surface area contributed by atoms with Crippen molar-refractivity contribution in [2.45, 2.75) is 42.7 Å². The summed E-state index contributed by atoms with van der Waals surface area (Å²) in [5.74, 6) is -0.963. The third-order valence-electron chi connectivity index (χ3n) is 5.12. The van der Waals surface area contributed by atoms with Gasteiger partial charge in [0.15, 0.2) is 0 Å². The number of carbonyl (C=O) groups excluding carboxylic acids is 1. The normalized spacial score (nSPS) is 23.2. The van der Waals surface area contributed by atoms with Gasteiger partial charge in [0.05, 0.1) is 15.5 Å². The molecule has 0 spiro atoms. The summed E-state index contributed by atoms with van der Waals surface area (Å²) in [6.07, 6.45) is -1.35. The maximum atomic E-state index is 14.4. The van der Waals surface area contributed by atoms with Gasteiger partial charge >= 0.3 is 0 Å². The second-order valence-electron chi connectivity index (χ2n) is 7.38. The highest BCUT2D eigenvalue weighted by Crippen LogP contribution is 2.33. The Balaban J connectivity index is 1.83. The largest absolute Gasteiger partial charge is 0.456 e. The molecule has 2 aromatic carbocycles. The van der Waals surface area contributed by atoms with Gasteiger partial charge in [-0.05, 0) is 50.1 Å². The van der Waals surface area contributed by atoms with E-state index in [1.165, 1.54) is 48.8 Å². The van der Waals surface area contributed by atoms with Crippen LogP contribution in [0.1, 0.15) is 31.7 Å². The molecule has 0 aliphatic carbocycles. The summed E-state index contributed by atoms with van der Waals surface area (Å²) in [4.78, 5) is 11.9. The highest BCUT2D eigenvalue weighted by molar-refractivity contribution is 7.89. The summed E-state index contributed by atoms with van der Waals surface area (Å²) in [6, 6.07) is 9.72. The van der Waals surface area contributed by atoms with E-state index in [1.807, 2.05) is 0 Å². The average molecular weight is 473 g/mol. The molecule has 1 aliphatic heterocycles. The van der Waals surface area contributed by atoms with Crippen molar-refractivity contribution in [3.8, 4) is 5.75 Å². The summed E-state index contributed by atoms with van der Waals surface area (Å²) in [7, 11) is -4.21. The van der Waals surface area contributed by atoms with Gasteiger partial charge in [-0.25, -0.2) is 13.9 Å². The minimum Gasteiger partial charge on any atom is -0.456 e. The van der Waals surface area contributed by atoms with E-state index in [0.29, 0.717) is 6.42 Å². The predicted molar refractivity (Wildman–Crippen MR) is 110 cm³/mol. The van der Waals surface area contributed by atoms with Crippen LogP contribution in [0, 0.1) is 0 Å². The quantitative estimate of drug-likeness (QED) is 0.439. The molecule has 1 amide bonds. The van der Waals surface area contributed by atoms with E-state index in [1.54, 1.807) is 12.1 Å². The summed E-state index contributed by atoms with van der Waals surface area (Å²) in [6.45, 7) is 1.31. The Morgan fingerprint density at radius 3 is 2.55 bits per heavy atom. The van der Waals surface area contributed by atoms with E-state index in [0.717, 1.165) is 4.31 Å². The molecule has 0 aromatic heterocycles. The van der Waals surface area contributed by atoms with Crippen LogP contribution < -0.4 is 10.2 Å². The maximum Gasteiger partial charge on any atom is 0.265 e. The molecule has 1 unspecified atom stereocenters. The monoisotopic (exact) mass is 472 g/mol. The number of benzene rings is 2. The third kappa shape index (κ3) is 4.83. The lowest BCUT2D eigenvalue weighted by atomic mass is 9.87. The Morgan fingerprint density at radius 1 is 1.29 bits per heavy atom. The number of piperidine rings is 1. The smallest absolute Gasteiger partial charge is 0.265 e. The van der Waals surface area contributed by atoms with E-state index in [9.17, 15) is 22.7 Å². The van der Waals surface area contributed by atoms with Gasteiger partial charge in [-0.3, -0.25) is 10.0 Å². The molecule has 3 N–H and O–H groups in total. The van der Waals surface area contributed by atoms with Gasteiger partial charge in [-0.15, -0.1) is 0 Å². The lowest BCUT2D eigenvalue weighted by molar-refractivity contribution is -0.144. The minimum atomic E-state index is -4.21. The number of alkyl halides is 1. The lowest BCUT2D eigenvalue weighted by Gasteiger charge is -2.42. The number of carbonyl (C=O) groups is 1. The van der Waals surface area contributed by atoms with Crippen molar-refractivity contribution < 1.29 is 32.7 Å². The molecule has 1 heterocycles. The molecule has 1 fully saturated rings. The third-order valence-corrected chi connectivity index (χ3v) is 7.34. The first-order valence-electron chi connectivity index (χ1n) is 9.41. The lowest BCUT2D eigenvalue weighted by Crippen LogP contribution is -2.62. The van der Waals surface area contributed by atoms with Gasteiger partial charge in [0, 0.05) is 12.1 Å². The second-order valence-corrected chi connectivity index (χ2v) is 9.68. The van der Waals surface area contributed by atoms with Gasteiger partial charge in [-0.1, -0.05) is 29.8 Å². The molecule has 0 radical (unpaired) electrons. The fraction of sp³-hybridized carbons (Fsp3) is 0.350. The number of hydrogen-bond donors (Lipinski definition) is 3. The molecule has 0 saturated carbocycles. The van der Waals surface area contributed by atoms with E-state index in [4.69, 9.17) is 21.5 Å². The van der Waals surface area contributed by atoms with Gasteiger partial charge in [0.1, 0.15) is 11.8 Å². The van der Waals surface area contributed by atoms with Crippen LogP contribution in [0.25, 0.3) is 0 Å². The number of hydroxylamine groups is 1. The van der Waals surface area contributed by atoms with Crippen LogP contribution in [0.3, 0.4) is 0 Å². The van der Waals surface area contributed by atoms with Crippen LogP contribution in [0.5, 0.6) is 5.75 Å². The molecule has 8 nitrogen and oxygen atoms in total. The molecule has 1 saturated heterocycles. The van der Waals surface area contributed by atoms with Crippen LogP contribution >= 0.6 is 11.6 Å². The number of nitrogens with one attached hydrogen (secondary N) is 1. The molecular formula is C20H22ClFN2O6S. The van der Waals surface area contributed by atoms with Crippen molar-refractivity contribution in [2.75, 3.05) is 6.54 Å². The highest BCUT2D eigenvalue weighted by atomic mass is 35.5. The standard InChI is InChI=1S/C20H22ClFN2O6S/c1-20(26)11-4-12-24(17(20)19(25)23-27)31(28,29)14-9-7-13(8-10-14)30-18(22)15-5-2-3-6-16(15)21/h2-3,5-10,17-18,26-27H,4,11-12H2,1H3,(H,23,25)/t17-,18?,20+/m0/s1. The second kappa shape index (κ2) is 9.09. The first-order chi connectivity index (χ1) is 14.6. The van der Waals surface area contributed by atoms with E-state index in [-0.39, 0.29) is 34.2 Å². The fourth-order valence-electron chi connectivity index (χ4n) is 3.57. The zero-order valence-electron chi connectivity index (χ0n) is 16.5. The number of aliphatic hydroxyl groups is 1. The number of rotatable bonds is 6. The van der Waals surface area contributed by atoms with Crippen LogP contribution in [0.4, 0.5) is 4.39 Å². The zero-order chi connectivity index (χ0) is 22.8. The first kappa shape index (κ1) is 23.4. The summed E-state index contributed by atoms with van der Waals surface area (Å²) in [5, 5.41) is 19.7. The maximum absolute atomic E-state index is 14.4. The van der Waals surface area contributed by atoms with Crippen molar-refractivity contribution in [2.24, 2.45) is 0 Å². The Hall–Kier alpha value is -2.24. The Kier molecular flexibility index (Phi) is 6.87. The predicted octanol–water partition coefficient (Wildman–Crippen LogP) is 2.80. The number of amides is 1. The average Bonchev–Trinajstić information content (AvgIpc) is 2.73. The molecule has 1 aliphatic rings.